The first-order valence-electron chi connectivity index (χ1n) is 5.13. The first kappa shape index (κ1) is 13.8. The van der Waals surface area contributed by atoms with Crippen LogP contribution in [-0.2, 0) is 0 Å². The largest absolute Gasteiger partial charge is 0.342 e. The second kappa shape index (κ2) is 5.58. The van der Waals surface area contributed by atoms with Crippen molar-refractivity contribution in [2.24, 2.45) is 0 Å². The van der Waals surface area contributed by atoms with E-state index in [1.165, 1.54) is 0 Å². The summed E-state index contributed by atoms with van der Waals surface area (Å²) in [6.07, 6.45) is 0. The summed E-state index contributed by atoms with van der Waals surface area (Å²) in [4.78, 5) is 1.89. The Bertz CT molecular complexity index is 532. The van der Waals surface area contributed by atoms with Gasteiger partial charge in [0.05, 0.1) is 21.4 Å². The van der Waals surface area contributed by atoms with Gasteiger partial charge >= 0.3 is 0 Å². The second-order valence-corrected chi connectivity index (χ2v) is 5.44. The lowest BCUT2D eigenvalue weighted by Gasteiger charge is -2.22. The highest BCUT2D eigenvalue weighted by molar-refractivity contribution is 6.38. The minimum Gasteiger partial charge on any atom is -0.342 e. The van der Waals surface area contributed by atoms with Crippen LogP contribution in [0.1, 0.15) is 0 Å². The molecule has 0 radical (unpaired) electrons. The number of nitrogens with zero attached hydrogens (tertiary/aromatic N) is 1. The van der Waals surface area contributed by atoms with Gasteiger partial charge in [-0.2, -0.15) is 0 Å². The van der Waals surface area contributed by atoms with Gasteiger partial charge < -0.3 is 4.90 Å². The predicted molar refractivity (Wildman–Crippen MR) is 81.0 cm³/mol. The Kier molecular flexibility index (Phi) is 4.29. The van der Waals surface area contributed by atoms with E-state index in [0.717, 1.165) is 11.4 Å². The van der Waals surface area contributed by atoms with Crippen LogP contribution in [0.2, 0.25) is 20.1 Å². The molecule has 0 unspecified atom stereocenters. The highest BCUT2D eigenvalue weighted by Crippen LogP contribution is 2.36. The van der Waals surface area contributed by atoms with Crippen LogP contribution in [0.3, 0.4) is 0 Å². The van der Waals surface area contributed by atoms with Crippen molar-refractivity contribution in [2.45, 2.75) is 0 Å². The van der Waals surface area contributed by atoms with Gasteiger partial charge in [-0.15, -0.1) is 0 Å². The fourth-order valence-electron chi connectivity index (χ4n) is 1.64. The number of rotatable bonds is 2. The zero-order valence-corrected chi connectivity index (χ0v) is 12.4. The maximum atomic E-state index is 6.16. The van der Waals surface area contributed by atoms with Crippen LogP contribution in [0.5, 0.6) is 0 Å². The normalized spacial score (nSPS) is 10.5. The topological polar surface area (TPSA) is 3.24 Å². The molecule has 0 aliphatic rings. The van der Waals surface area contributed by atoms with E-state index in [9.17, 15) is 0 Å². The summed E-state index contributed by atoms with van der Waals surface area (Å²) in [5.41, 5.74) is 1.65. The number of hydrogen-bond donors (Lipinski definition) is 0. The average Bonchev–Trinajstić information content (AvgIpc) is 2.28. The molecular formula is C13H9Cl4N. The van der Waals surface area contributed by atoms with Crippen LogP contribution >= 0.6 is 46.4 Å². The van der Waals surface area contributed by atoms with Gasteiger partial charge in [-0.3, -0.25) is 0 Å². The van der Waals surface area contributed by atoms with Gasteiger partial charge in [-0.25, -0.2) is 0 Å². The maximum Gasteiger partial charge on any atom is 0.0657 e. The van der Waals surface area contributed by atoms with Crippen molar-refractivity contribution in [1.82, 2.24) is 0 Å². The molecule has 0 amide bonds. The van der Waals surface area contributed by atoms with Crippen LogP contribution < -0.4 is 4.90 Å². The van der Waals surface area contributed by atoms with E-state index in [4.69, 9.17) is 46.4 Å². The Balaban J connectivity index is 2.44. The highest BCUT2D eigenvalue weighted by atomic mass is 35.5. The molecule has 0 N–H and O–H groups in total. The SMILES string of the molecule is CN(c1ccc(Cl)cc1Cl)c1ccc(Cl)cc1Cl. The summed E-state index contributed by atoms with van der Waals surface area (Å²) in [5.74, 6) is 0. The summed E-state index contributed by atoms with van der Waals surface area (Å²) in [7, 11) is 1.88. The second-order valence-electron chi connectivity index (χ2n) is 3.75. The summed E-state index contributed by atoms with van der Waals surface area (Å²) in [5, 5.41) is 2.32. The summed E-state index contributed by atoms with van der Waals surface area (Å²) >= 11 is 24.1. The molecule has 0 saturated carbocycles. The van der Waals surface area contributed by atoms with Gasteiger partial charge in [0.15, 0.2) is 0 Å². The molecule has 0 fully saturated rings. The molecule has 0 aliphatic heterocycles. The van der Waals surface area contributed by atoms with E-state index in [2.05, 4.69) is 0 Å². The molecule has 0 spiro atoms. The van der Waals surface area contributed by atoms with E-state index >= 15 is 0 Å². The van der Waals surface area contributed by atoms with E-state index in [1.54, 1.807) is 24.3 Å². The first-order valence-corrected chi connectivity index (χ1v) is 6.64. The average molecular weight is 321 g/mol. The Hall–Kier alpha value is -0.600. The number of halogens is 4. The summed E-state index contributed by atoms with van der Waals surface area (Å²) < 4.78 is 0. The molecule has 94 valence electrons. The predicted octanol–water partition coefficient (Wildman–Crippen LogP) is 6.07. The van der Waals surface area contributed by atoms with Gasteiger partial charge in [-0.1, -0.05) is 46.4 Å². The van der Waals surface area contributed by atoms with Gasteiger partial charge in [-0.05, 0) is 36.4 Å². The fourth-order valence-corrected chi connectivity index (χ4v) is 2.71. The molecule has 0 aliphatic carbocycles. The van der Waals surface area contributed by atoms with Crippen molar-refractivity contribution in [3.8, 4) is 0 Å². The summed E-state index contributed by atoms with van der Waals surface area (Å²) in [6.45, 7) is 0. The molecule has 1 nitrogen and oxygen atoms in total. The lowest BCUT2D eigenvalue weighted by Crippen LogP contribution is -2.10. The van der Waals surface area contributed by atoms with Crippen LogP contribution in [0, 0.1) is 0 Å². The molecule has 0 bridgehead atoms. The standard InChI is InChI=1S/C13H9Cl4N/c1-18(12-4-2-8(14)6-10(12)16)13-5-3-9(15)7-11(13)17/h2-7H,1H3. The van der Waals surface area contributed by atoms with Crippen LogP contribution in [0.25, 0.3) is 0 Å². The molecule has 2 aromatic carbocycles. The van der Waals surface area contributed by atoms with Gasteiger partial charge in [0.2, 0.25) is 0 Å². The zero-order valence-electron chi connectivity index (χ0n) is 9.42. The van der Waals surface area contributed by atoms with E-state index in [-0.39, 0.29) is 0 Å². The molecule has 2 aromatic rings. The van der Waals surface area contributed by atoms with E-state index < -0.39 is 0 Å². The summed E-state index contributed by atoms with van der Waals surface area (Å²) in [6, 6.07) is 10.6. The Morgan fingerprint density at radius 2 is 1.11 bits per heavy atom. The van der Waals surface area contributed by atoms with Crippen LogP contribution in [0.15, 0.2) is 36.4 Å². The van der Waals surface area contributed by atoms with Crippen molar-refractivity contribution >= 4 is 57.8 Å². The Morgan fingerprint density at radius 3 is 1.44 bits per heavy atom. The number of benzene rings is 2. The molecule has 2 rings (SSSR count). The van der Waals surface area contributed by atoms with Crippen molar-refractivity contribution in [1.29, 1.82) is 0 Å². The quantitative estimate of drug-likeness (QED) is 0.649. The maximum absolute atomic E-state index is 6.16. The third-order valence-electron chi connectivity index (χ3n) is 2.54. The van der Waals surface area contributed by atoms with E-state index in [0.29, 0.717) is 20.1 Å². The monoisotopic (exact) mass is 319 g/mol. The zero-order chi connectivity index (χ0) is 13.3. The Labute approximate surface area is 126 Å². The minimum absolute atomic E-state index is 0.566. The number of hydrogen-bond acceptors (Lipinski definition) is 1. The smallest absolute Gasteiger partial charge is 0.0657 e. The van der Waals surface area contributed by atoms with Crippen molar-refractivity contribution in [3.63, 3.8) is 0 Å². The van der Waals surface area contributed by atoms with Crippen LogP contribution in [0.4, 0.5) is 11.4 Å². The fraction of sp³-hybridized carbons (Fsp3) is 0.0769. The molecule has 18 heavy (non-hydrogen) atoms. The van der Waals surface area contributed by atoms with Gasteiger partial charge in [0.25, 0.3) is 0 Å². The first-order chi connectivity index (χ1) is 8.49. The number of anilines is 2. The highest BCUT2D eigenvalue weighted by Gasteiger charge is 2.11. The molecule has 0 aromatic heterocycles. The van der Waals surface area contributed by atoms with Gasteiger partial charge in [0, 0.05) is 17.1 Å². The molecule has 5 heteroatoms. The van der Waals surface area contributed by atoms with Crippen molar-refractivity contribution < 1.29 is 0 Å². The molecule has 0 atom stereocenters. The Morgan fingerprint density at radius 1 is 0.722 bits per heavy atom. The lowest BCUT2D eigenvalue weighted by atomic mass is 10.2. The van der Waals surface area contributed by atoms with Crippen molar-refractivity contribution in [2.75, 3.05) is 11.9 Å². The van der Waals surface area contributed by atoms with Crippen LogP contribution in [-0.4, -0.2) is 7.05 Å². The van der Waals surface area contributed by atoms with Gasteiger partial charge in [0.1, 0.15) is 0 Å². The molecular weight excluding hydrogens is 312 g/mol. The van der Waals surface area contributed by atoms with Crippen molar-refractivity contribution in [3.05, 3.63) is 56.5 Å². The lowest BCUT2D eigenvalue weighted by molar-refractivity contribution is 1.21. The third kappa shape index (κ3) is 2.86. The minimum atomic E-state index is 0.566. The third-order valence-corrected chi connectivity index (χ3v) is 3.62. The molecule has 0 heterocycles. The molecule has 0 saturated heterocycles. The van der Waals surface area contributed by atoms with E-state index in [1.807, 2.05) is 24.1 Å².